The number of carbonyl (C=O) groups is 2. The lowest BCUT2D eigenvalue weighted by Gasteiger charge is -2.25. The molecule has 0 heterocycles. The van der Waals surface area contributed by atoms with E-state index in [1.807, 2.05) is 12.1 Å². The number of carbonyl (C=O) groups excluding carboxylic acids is 2. The van der Waals surface area contributed by atoms with E-state index < -0.39 is 16.8 Å². The quantitative estimate of drug-likeness (QED) is 0.495. The van der Waals surface area contributed by atoms with Crippen molar-refractivity contribution in [3.05, 3.63) is 71.8 Å². The van der Waals surface area contributed by atoms with Crippen LogP contribution in [0.5, 0.6) is 0 Å². The van der Waals surface area contributed by atoms with Crippen molar-refractivity contribution in [2.24, 2.45) is 0 Å². The van der Waals surface area contributed by atoms with Crippen LogP contribution in [0, 0.1) is 0 Å². The monoisotopic (exact) mass is 288 g/mol. The third-order valence-electron chi connectivity index (χ3n) is 2.86. The summed E-state index contributed by atoms with van der Waals surface area (Å²) in [5, 5.41) is 0. The van der Waals surface area contributed by atoms with Gasteiger partial charge in [0.1, 0.15) is 0 Å². The van der Waals surface area contributed by atoms with Crippen LogP contribution in [-0.2, 0) is 19.2 Å². The molecule has 0 radical (unpaired) electrons. The zero-order valence-electron chi connectivity index (χ0n) is 10.9. The molecule has 0 bridgehead atoms. The maximum absolute atomic E-state index is 12.3. The number of alkyl halides is 1. The van der Waals surface area contributed by atoms with Gasteiger partial charge < -0.3 is 4.74 Å². The summed E-state index contributed by atoms with van der Waals surface area (Å²) in [6.07, 6.45) is 0. The Kier molecular flexibility index (Phi) is 4.20. The van der Waals surface area contributed by atoms with E-state index in [1.54, 1.807) is 48.5 Å². The lowest BCUT2D eigenvalue weighted by Crippen LogP contribution is -2.34. The van der Waals surface area contributed by atoms with Crippen LogP contribution in [0.25, 0.3) is 0 Å². The summed E-state index contributed by atoms with van der Waals surface area (Å²) in [5.74, 6) is -1.49. The van der Waals surface area contributed by atoms with Crippen molar-refractivity contribution < 1.29 is 14.3 Å². The van der Waals surface area contributed by atoms with Crippen LogP contribution in [0.15, 0.2) is 60.7 Å². The summed E-state index contributed by atoms with van der Waals surface area (Å²) in [5.41, 5.74) is 1.11. The molecule has 0 saturated carbocycles. The van der Waals surface area contributed by atoms with Gasteiger partial charge in [-0.25, -0.2) is 4.79 Å². The van der Waals surface area contributed by atoms with Crippen molar-refractivity contribution in [1.29, 1.82) is 0 Å². The van der Waals surface area contributed by atoms with E-state index in [0.29, 0.717) is 11.1 Å². The van der Waals surface area contributed by atoms with Gasteiger partial charge in [0.15, 0.2) is 4.87 Å². The van der Waals surface area contributed by atoms with Gasteiger partial charge in [0.25, 0.3) is 0 Å². The lowest BCUT2D eigenvalue weighted by atomic mass is 9.90. The molecular formula is C16H13ClO3. The number of ether oxygens (including phenoxy) is 1. The number of hydrogen-bond donors (Lipinski definition) is 0. The Morgan fingerprint density at radius 3 is 1.65 bits per heavy atom. The molecule has 0 aliphatic carbocycles. The van der Waals surface area contributed by atoms with E-state index in [0.717, 1.165) is 0 Å². The van der Waals surface area contributed by atoms with Crippen molar-refractivity contribution in [2.75, 3.05) is 0 Å². The molecule has 2 rings (SSSR count). The molecule has 2 aromatic carbocycles. The van der Waals surface area contributed by atoms with Crippen LogP contribution in [0.2, 0.25) is 0 Å². The van der Waals surface area contributed by atoms with Gasteiger partial charge in [-0.3, -0.25) is 4.79 Å². The van der Waals surface area contributed by atoms with Crippen LogP contribution in [0.1, 0.15) is 18.1 Å². The number of rotatable bonds is 3. The van der Waals surface area contributed by atoms with Gasteiger partial charge in [-0.05, 0) is 11.1 Å². The summed E-state index contributed by atoms with van der Waals surface area (Å²) in [4.78, 5) is 21.8. The van der Waals surface area contributed by atoms with Crippen molar-refractivity contribution in [2.45, 2.75) is 11.8 Å². The van der Waals surface area contributed by atoms with E-state index in [2.05, 4.69) is 0 Å². The average molecular weight is 289 g/mol. The fourth-order valence-electron chi connectivity index (χ4n) is 1.94. The Morgan fingerprint density at radius 1 is 0.900 bits per heavy atom. The maximum atomic E-state index is 12.3. The zero-order valence-corrected chi connectivity index (χ0v) is 11.6. The van der Waals surface area contributed by atoms with Gasteiger partial charge in [0.05, 0.1) is 0 Å². The van der Waals surface area contributed by atoms with E-state index in [-0.39, 0.29) is 0 Å². The average Bonchev–Trinajstić information content (AvgIpc) is 2.47. The molecule has 4 heteroatoms. The van der Waals surface area contributed by atoms with Crippen molar-refractivity contribution in [1.82, 2.24) is 0 Å². The Hall–Kier alpha value is -2.13. The second-order valence-electron chi connectivity index (χ2n) is 4.27. The molecular weight excluding hydrogens is 276 g/mol. The molecule has 2 aromatic rings. The van der Waals surface area contributed by atoms with Gasteiger partial charge in [0.2, 0.25) is 0 Å². The number of halogens is 1. The van der Waals surface area contributed by atoms with Crippen LogP contribution in [0.4, 0.5) is 0 Å². The van der Waals surface area contributed by atoms with Crippen LogP contribution in [-0.4, -0.2) is 11.9 Å². The fraction of sp³-hybridized carbons (Fsp3) is 0.125. The minimum atomic E-state index is -1.53. The SMILES string of the molecule is CC(=O)OC(=O)C(Cl)(c1ccccc1)c1ccccc1. The minimum absolute atomic E-state index is 0.555. The molecule has 0 aliphatic heterocycles. The van der Waals surface area contributed by atoms with Crippen LogP contribution >= 0.6 is 11.6 Å². The Morgan fingerprint density at radius 2 is 1.30 bits per heavy atom. The first-order valence-electron chi connectivity index (χ1n) is 6.08. The first-order chi connectivity index (χ1) is 9.55. The maximum Gasteiger partial charge on any atom is 0.344 e. The second-order valence-corrected chi connectivity index (χ2v) is 4.84. The van der Waals surface area contributed by atoms with Crippen LogP contribution < -0.4 is 0 Å². The summed E-state index contributed by atoms with van der Waals surface area (Å²) >= 11 is 6.56. The molecule has 102 valence electrons. The highest BCUT2D eigenvalue weighted by molar-refractivity contribution is 6.36. The summed E-state index contributed by atoms with van der Waals surface area (Å²) in [7, 11) is 0. The molecule has 0 aromatic heterocycles. The standard InChI is InChI=1S/C16H13ClO3/c1-12(18)20-15(19)16(17,13-8-4-2-5-9-13)14-10-6-3-7-11-14/h2-11H,1H3. The molecule has 0 N–H and O–H groups in total. The van der Waals surface area contributed by atoms with E-state index in [9.17, 15) is 9.59 Å². The predicted molar refractivity (Wildman–Crippen MR) is 76.3 cm³/mol. The minimum Gasteiger partial charge on any atom is -0.392 e. The van der Waals surface area contributed by atoms with E-state index in [1.165, 1.54) is 6.92 Å². The smallest absolute Gasteiger partial charge is 0.344 e. The highest BCUT2D eigenvalue weighted by Crippen LogP contribution is 2.37. The van der Waals surface area contributed by atoms with Crippen molar-refractivity contribution in [3.63, 3.8) is 0 Å². The highest BCUT2D eigenvalue weighted by atomic mass is 35.5. The molecule has 0 fully saturated rings. The summed E-state index contributed by atoms with van der Waals surface area (Å²) in [6, 6.07) is 17.6. The summed E-state index contributed by atoms with van der Waals surface area (Å²) in [6.45, 7) is 1.17. The largest absolute Gasteiger partial charge is 0.392 e. The molecule has 0 unspecified atom stereocenters. The fourth-order valence-corrected chi connectivity index (χ4v) is 2.23. The Balaban J connectivity index is 2.55. The predicted octanol–water partition coefficient (Wildman–Crippen LogP) is 3.26. The van der Waals surface area contributed by atoms with Gasteiger partial charge in [0, 0.05) is 6.92 Å². The number of esters is 2. The van der Waals surface area contributed by atoms with Gasteiger partial charge in [-0.1, -0.05) is 72.3 Å². The normalized spacial score (nSPS) is 10.9. The molecule has 0 saturated heterocycles. The number of benzene rings is 2. The van der Waals surface area contributed by atoms with Crippen LogP contribution in [0.3, 0.4) is 0 Å². The summed E-state index contributed by atoms with van der Waals surface area (Å²) < 4.78 is 4.71. The van der Waals surface area contributed by atoms with Gasteiger partial charge in [-0.2, -0.15) is 0 Å². The molecule has 0 atom stereocenters. The number of hydrogen-bond acceptors (Lipinski definition) is 3. The molecule has 0 amide bonds. The topological polar surface area (TPSA) is 43.4 Å². The lowest BCUT2D eigenvalue weighted by molar-refractivity contribution is -0.159. The molecule has 20 heavy (non-hydrogen) atoms. The molecule has 3 nitrogen and oxygen atoms in total. The van der Waals surface area contributed by atoms with Crippen molar-refractivity contribution in [3.8, 4) is 0 Å². The third kappa shape index (κ3) is 2.73. The zero-order chi connectivity index (χ0) is 14.6. The first-order valence-corrected chi connectivity index (χ1v) is 6.45. The molecule has 0 aliphatic rings. The van der Waals surface area contributed by atoms with E-state index >= 15 is 0 Å². The Labute approximate surface area is 122 Å². The third-order valence-corrected chi connectivity index (χ3v) is 3.45. The molecule has 0 spiro atoms. The second kappa shape index (κ2) is 5.88. The first kappa shape index (κ1) is 14.3. The van der Waals surface area contributed by atoms with Crippen molar-refractivity contribution >= 4 is 23.5 Å². The van der Waals surface area contributed by atoms with Gasteiger partial charge in [-0.15, -0.1) is 0 Å². The Bertz CT molecular complexity index is 569. The van der Waals surface area contributed by atoms with Gasteiger partial charge >= 0.3 is 11.9 Å². The van der Waals surface area contributed by atoms with E-state index in [4.69, 9.17) is 16.3 Å². The highest BCUT2D eigenvalue weighted by Gasteiger charge is 2.42.